The number of nitrogens with zero attached hydrogens (tertiary/aromatic N) is 1. The van der Waals surface area contributed by atoms with Gasteiger partial charge < -0.3 is 5.32 Å². The Morgan fingerprint density at radius 3 is 3.06 bits per heavy atom. The van der Waals surface area contributed by atoms with E-state index in [-0.39, 0.29) is 5.92 Å². The van der Waals surface area contributed by atoms with Crippen LogP contribution in [0.4, 0.5) is 0 Å². The van der Waals surface area contributed by atoms with Crippen LogP contribution < -0.4 is 5.32 Å². The Balaban J connectivity index is 2.10. The van der Waals surface area contributed by atoms with Gasteiger partial charge >= 0.3 is 0 Å². The van der Waals surface area contributed by atoms with Gasteiger partial charge in [0, 0.05) is 6.54 Å². The molecule has 18 heavy (non-hydrogen) atoms. The predicted molar refractivity (Wildman–Crippen MR) is 73.2 cm³/mol. The first-order chi connectivity index (χ1) is 8.90. The Morgan fingerprint density at radius 2 is 2.28 bits per heavy atom. The maximum Gasteiger partial charge on any atom is 0.0721 e. The monoisotopic (exact) mass is 238 g/mol. The van der Waals surface area contributed by atoms with E-state index in [2.05, 4.69) is 35.7 Å². The molecule has 2 nitrogen and oxygen atoms in total. The summed E-state index contributed by atoms with van der Waals surface area (Å²) in [5.74, 6) is 0.0905. The molecule has 0 amide bonds. The second-order valence-corrected chi connectivity index (χ2v) is 5.15. The van der Waals surface area contributed by atoms with Crippen molar-refractivity contribution in [2.24, 2.45) is 0 Å². The minimum atomic E-state index is 0.0905. The fourth-order valence-electron chi connectivity index (χ4n) is 3.14. The molecule has 1 aromatic rings. The number of rotatable bonds is 1. The molecule has 1 aliphatic carbocycles. The molecule has 0 aromatic heterocycles. The van der Waals surface area contributed by atoms with Crippen LogP contribution in [0.2, 0.25) is 0 Å². The summed E-state index contributed by atoms with van der Waals surface area (Å²) in [4.78, 5) is 0. The summed E-state index contributed by atoms with van der Waals surface area (Å²) in [6, 6.07) is 9.02. The van der Waals surface area contributed by atoms with Crippen LogP contribution in [-0.4, -0.2) is 13.1 Å². The van der Waals surface area contributed by atoms with E-state index in [0.717, 1.165) is 38.8 Å². The maximum atomic E-state index is 9.38. The van der Waals surface area contributed by atoms with Gasteiger partial charge in [0.25, 0.3) is 0 Å². The van der Waals surface area contributed by atoms with Crippen molar-refractivity contribution in [1.82, 2.24) is 5.32 Å². The van der Waals surface area contributed by atoms with Gasteiger partial charge in [0.15, 0.2) is 0 Å². The number of nitrogens with one attached hydrogen (secondary N) is 1. The molecule has 1 unspecified atom stereocenters. The highest BCUT2D eigenvalue weighted by Crippen LogP contribution is 2.36. The number of benzene rings is 1. The third-order valence-electron chi connectivity index (χ3n) is 4.01. The van der Waals surface area contributed by atoms with Crippen molar-refractivity contribution in [3.05, 3.63) is 41.0 Å². The van der Waals surface area contributed by atoms with Gasteiger partial charge in [-0.25, -0.2) is 0 Å². The van der Waals surface area contributed by atoms with Gasteiger partial charge in [0.2, 0.25) is 0 Å². The Kier molecular flexibility index (Phi) is 3.17. The molecule has 0 saturated carbocycles. The van der Waals surface area contributed by atoms with Crippen LogP contribution in [0.5, 0.6) is 0 Å². The highest BCUT2D eigenvalue weighted by molar-refractivity contribution is 5.72. The normalized spacial score (nSPS) is 22.8. The van der Waals surface area contributed by atoms with Crippen LogP contribution in [0.15, 0.2) is 24.3 Å². The highest BCUT2D eigenvalue weighted by Gasteiger charge is 2.24. The van der Waals surface area contributed by atoms with Gasteiger partial charge in [-0.05, 0) is 54.5 Å². The fourth-order valence-corrected chi connectivity index (χ4v) is 3.14. The van der Waals surface area contributed by atoms with E-state index in [4.69, 9.17) is 0 Å². The zero-order valence-electron chi connectivity index (χ0n) is 10.6. The van der Waals surface area contributed by atoms with E-state index in [1.165, 1.54) is 22.3 Å². The first-order valence-corrected chi connectivity index (χ1v) is 6.81. The largest absolute Gasteiger partial charge is 0.312 e. The average molecular weight is 238 g/mol. The third kappa shape index (κ3) is 1.95. The lowest BCUT2D eigenvalue weighted by molar-refractivity contribution is 0.634. The van der Waals surface area contributed by atoms with Crippen molar-refractivity contribution < 1.29 is 0 Å². The summed E-state index contributed by atoms with van der Waals surface area (Å²) in [5.41, 5.74) is 5.38. The van der Waals surface area contributed by atoms with Crippen molar-refractivity contribution >= 4 is 5.57 Å². The molecule has 1 N–H and O–H groups in total. The van der Waals surface area contributed by atoms with Crippen LogP contribution in [0, 0.1) is 11.3 Å². The molecule has 0 saturated heterocycles. The molecule has 1 aromatic carbocycles. The highest BCUT2D eigenvalue weighted by atomic mass is 14.9. The number of fused-ring (bicyclic) bond motifs is 1. The van der Waals surface area contributed by atoms with Gasteiger partial charge in [0.05, 0.1) is 12.0 Å². The Hall–Kier alpha value is -1.59. The minimum absolute atomic E-state index is 0.0905. The molecule has 0 fully saturated rings. The van der Waals surface area contributed by atoms with Crippen LogP contribution in [0.25, 0.3) is 5.57 Å². The Bertz CT molecular complexity index is 522. The summed E-state index contributed by atoms with van der Waals surface area (Å²) in [5, 5.41) is 12.8. The van der Waals surface area contributed by atoms with Gasteiger partial charge in [-0.15, -0.1) is 0 Å². The lowest BCUT2D eigenvalue weighted by Gasteiger charge is -2.26. The van der Waals surface area contributed by atoms with Crippen LogP contribution >= 0.6 is 0 Å². The van der Waals surface area contributed by atoms with E-state index in [1.54, 1.807) is 0 Å². The van der Waals surface area contributed by atoms with Crippen molar-refractivity contribution in [1.29, 1.82) is 5.26 Å². The third-order valence-corrected chi connectivity index (χ3v) is 4.01. The quantitative estimate of drug-likeness (QED) is 0.816. The SMILES string of the molecule is N#CC1CCCc2cccc(C3=CCCNC3)c21. The zero-order chi connectivity index (χ0) is 12.4. The molecule has 1 aliphatic heterocycles. The second kappa shape index (κ2) is 4.96. The first-order valence-electron chi connectivity index (χ1n) is 6.81. The topological polar surface area (TPSA) is 35.8 Å². The van der Waals surface area contributed by atoms with Gasteiger partial charge in [-0.2, -0.15) is 5.26 Å². The molecule has 1 heterocycles. The molecule has 0 bridgehead atoms. The van der Waals surface area contributed by atoms with Crippen LogP contribution in [0.3, 0.4) is 0 Å². The average Bonchev–Trinajstić information content (AvgIpc) is 2.47. The van der Waals surface area contributed by atoms with Crippen molar-refractivity contribution in [2.45, 2.75) is 31.6 Å². The van der Waals surface area contributed by atoms with E-state index in [0.29, 0.717) is 0 Å². The Morgan fingerprint density at radius 1 is 1.33 bits per heavy atom. The van der Waals surface area contributed by atoms with E-state index < -0.39 is 0 Å². The number of nitriles is 1. The van der Waals surface area contributed by atoms with Gasteiger partial charge in [0.1, 0.15) is 0 Å². The number of hydrogen-bond acceptors (Lipinski definition) is 2. The van der Waals surface area contributed by atoms with E-state index >= 15 is 0 Å². The molecule has 1 atom stereocenters. The first kappa shape index (κ1) is 11.5. The van der Waals surface area contributed by atoms with E-state index in [9.17, 15) is 5.26 Å². The lowest BCUT2D eigenvalue weighted by Crippen LogP contribution is -2.23. The standard InChI is InChI=1S/C16H18N2/c17-10-13-6-1-4-12-5-2-8-15(16(12)13)14-7-3-9-18-11-14/h2,5,7-8,13,18H,1,3-4,6,9,11H2. The van der Waals surface area contributed by atoms with Gasteiger partial charge in [-0.3, -0.25) is 0 Å². The predicted octanol–water partition coefficient (Wildman–Crippen LogP) is 3.01. The molecule has 3 rings (SSSR count). The molecular formula is C16H18N2. The van der Waals surface area contributed by atoms with Crippen molar-refractivity contribution in [3.63, 3.8) is 0 Å². The molecule has 0 radical (unpaired) electrons. The maximum absolute atomic E-state index is 9.38. The van der Waals surface area contributed by atoms with E-state index in [1.807, 2.05) is 0 Å². The van der Waals surface area contributed by atoms with Gasteiger partial charge in [-0.1, -0.05) is 24.3 Å². The summed E-state index contributed by atoms with van der Waals surface area (Å²) in [6.45, 7) is 2.01. The van der Waals surface area contributed by atoms with Crippen molar-refractivity contribution in [2.75, 3.05) is 13.1 Å². The molecule has 0 spiro atoms. The van der Waals surface area contributed by atoms with Crippen LogP contribution in [-0.2, 0) is 6.42 Å². The number of hydrogen-bond donors (Lipinski definition) is 1. The second-order valence-electron chi connectivity index (χ2n) is 5.15. The van der Waals surface area contributed by atoms with Crippen LogP contribution in [0.1, 0.15) is 41.9 Å². The Labute approximate surface area is 108 Å². The molecule has 2 aliphatic rings. The summed E-state index contributed by atoms with van der Waals surface area (Å²) in [7, 11) is 0. The summed E-state index contributed by atoms with van der Waals surface area (Å²) >= 11 is 0. The van der Waals surface area contributed by atoms with Crippen molar-refractivity contribution in [3.8, 4) is 6.07 Å². The fraction of sp³-hybridized carbons (Fsp3) is 0.438. The number of aryl methyl sites for hydroxylation is 1. The smallest absolute Gasteiger partial charge is 0.0721 e. The molecular weight excluding hydrogens is 220 g/mol. The molecule has 92 valence electrons. The summed E-state index contributed by atoms with van der Waals surface area (Å²) < 4.78 is 0. The zero-order valence-corrected chi connectivity index (χ0v) is 10.6. The molecule has 2 heteroatoms. The lowest BCUT2D eigenvalue weighted by atomic mass is 9.79. The minimum Gasteiger partial charge on any atom is -0.312 e. The summed E-state index contributed by atoms with van der Waals surface area (Å²) in [6.07, 6.45) is 6.71.